The molecule has 0 saturated heterocycles. The lowest BCUT2D eigenvalue weighted by atomic mass is 10.1. The summed E-state index contributed by atoms with van der Waals surface area (Å²) in [4.78, 5) is 4.55. The number of methoxy groups -OCH3 is 4. The highest BCUT2D eigenvalue weighted by Crippen LogP contribution is 2.38. The van der Waals surface area contributed by atoms with E-state index < -0.39 is 0 Å². The van der Waals surface area contributed by atoms with Crippen molar-refractivity contribution in [1.82, 2.24) is 5.43 Å². The van der Waals surface area contributed by atoms with Gasteiger partial charge < -0.3 is 18.9 Å². The van der Waals surface area contributed by atoms with Gasteiger partial charge in [-0.2, -0.15) is 5.10 Å². The molecular formula is C19H21N3O4S. The summed E-state index contributed by atoms with van der Waals surface area (Å²) in [6.07, 6.45) is 0. The fourth-order valence-electron chi connectivity index (χ4n) is 2.54. The molecule has 0 atom stereocenters. The number of rotatable bonds is 6. The van der Waals surface area contributed by atoms with Gasteiger partial charge in [0.15, 0.2) is 16.7 Å². The zero-order valence-electron chi connectivity index (χ0n) is 15.6. The Morgan fingerprint density at radius 1 is 0.926 bits per heavy atom. The monoisotopic (exact) mass is 387 g/mol. The first-order valence-corrected chi connectivity index (χ1v) is 9.15. The number of aliphatic imine (C=N–C) groups is 1. The van der Waals surface area contributed by atoms with Gasteiger partial charge in [-0.25, -0.2) is 4.99 Å². The first kappa shape index (κ1) is 18.9. The van der Waals surface area contributed by atoms with Crippen LogP contribution in [0.25, 0.3) is 0 Å². The number of thioether (sulfide) groups is 1. The van der Waals surface area contributed by atoms with Crippen LogP contribution in [0.2, 0.25) is 0 Å². The first-order chi connectivity index (χ1) is 13.2. The van der Waals surface area contributed by atoms with Crippen molar-refractivity contribution in [2.24, 2.45) is 10.1 Å². The van der Waals surface area contributed by atoms with Crippen molar-refractivity contribution in [2.45, 2.75) is 0 Å². The molecule has 1 aliphatic rings. The van der Waals surface area contributed by atoms with Gasteiger partial charge >= 0.3 is 0 Å². The Hall–Kier alpha value is -2.87. The maximum atomic E-state index is 5.41. The molecule has 0 spiro atoms. The summed E-state index contributed by atoms with van der Waals surface area (Å²) in [6.45, 7) is 0. The topological polar surface area (TPSA) is 73.7 Å². The molecule has 1 aliphatic heterocycles. The van der Waals surface area contributed by atoms with E-state index in [4.69, 9.17) is 18.9 Å². The average Bonchev–Trinajstić information content (AvgIpc) is 2.73. The fourth-order valence-corrected chi connectivity index (χ4v) is 3.33. The summed E-state index contributed by atoms with van der Waals surface area (Å²) in [5.41, 5.74) is 5.60. The van der Waals surface area contributed by atoms with E-state index in [2.05, 4.69) is 15.5 Å². The molecule has 0 aliphatic carbocycles. The summed E-state index contributed by atoms with van der Waals surface area (Å²) in [5, 5.41) is 5.19. The molecule has 0 saturated carbocycles. The van der Waals surface area contributed by atoms with Crippen molar-refractivity contribution in [3.05, 3.63) is 42.0 Å². The van der Waals surface area contributed by atoms with Gasteiger partial charge in [-0.3, -0.25) is 5.43 Å². The highest BCUT2D eigenvalue weighted by atomic mass is 32.2. The summed E-state index contributed by atoms with van der Waals surface area (Å²) in [6, 6.07) is 11.3. The minimum Gasteiger partial charge on any atom is -0.497 e. The van der Waals surface area contributed by atoms with E-state index in [0.717, 1.165) is 27.9 Å². The van der Waals surface area contributed by atoms with Crippen LogP contribution in [0.4, 0.5) is 5.69 Å². The number of hydrazone groups is 1. The van der Waals surface area contributed by atoms with Crippen LogP contribution in [0.1, 0.15) is 5.56 Å². The first-order valence-electron chi connectivity index (χ1n) is 8.17. The Balaban J connectivity index is 1.81. The third kappa shape index (κ3) is 4.28. The van der Waals surface area contributed by atoms with Gasteiger partial charge in [-0.15, -0.1) is 0 Å². The normalized spacial score (nSPS) is 15.0. The Kier molecular flexibility index (Phi) is 6.08. The maximum absolute atomic E-state index is 5.41. The fraction of sp³-hybridized carbons (Fsp3) is 0.263. The molecule has 0 fully saturated rings. The van der Waals surface area contributed by atoms with Crippen molar-refractivity contribution < 1.29 is 18.9 Å². The molecule has 2 aromatic carbocycles. The quantitative estimate of drug-likeness (QED) is 0.818. The van der Waals surface area contributed by atoms with Crippen molar-refractivity contribution >= 4 is 28.3 Å². The van der Waals surface area contributed by atoms with Crippen molar-refractivity contribution in [3.63, 3.8) is 0 Å². The van der Waals surface area contributed by atoms with Crippen LogP contribution in [-0.2, 0) is 0 Å². The molecule has 0 unspecified atom stereocenters. The molecule has 142 valence electrons. The molecule has 1 heterocycles. The average molecular weight is 387 g/mol. The zero-order valence-corrected chi connectivity index (χ0v) is 16.4. The van der Waals surface area contributed by atoms with Gasteiger partial charge in [-0.1, -0.05) is 11.8 Å². The molecule has 0 aromatic heterocycles. The number of amidine groups is 1. The van der Waals surface area contributed by atoms with Crippen LogP contribution in [0.15, 0.2) is 46.5 Å². The second kappa shape index (κ2) is 8.68. The van der Waals surface area contributed by atoms with Gasteiger partial charge in [-0.05, 0) is 36.4 Å². The second-order valence-electron chi connectivity index (χ2n) is 5.49. The minimum absolute atomic E-state index is 0.558. The van der Waals surface area contributed by atoms with Gasteiger partial charge in [0.1, 0.15) is 5.75 Å². The molecule has 27 heavy (non-hydrogen) atoms. The highest BCUT2D eigenvalue weighted by Gasteiger charge is 2.19. The minimum atomic E-state index is 0.558. The van der Waals surface area contributed by atoms with Crippen LogP contribution >= 0.6 is 11.8 Å². The second-order valence-corrected chi connectivity index (χ2v) is 6.45. The Labute approximate surface area is 162 Å². The zero-order chi connectivity index (χ0) is 19.2. The Bertz CT molecular complexity index is 841. The number of ether oxygens (including phenoxy) is 4. The van der Waals surface area contributed by atoms with Crippen molar-refractivity contribution in [1.29, 1.82) is 0 Å². The van der Waals surface area contributed by atoms with Crippen LogP contribution in [0.5, 0.6) is 23.0 Å². The highest BCUT2D eigenvalue weighted by molar-refractivity contribution is 8.14. The summed E-state index contributed by atoms with van der Waals surface area (Å²) >= 11 is 1.57. The van der Waals surface area contributed by atoms with Gasteiger partial charge in [0.05, 0.1) is 39.8 Å². The van der Waals surface area contributed by atoms with Crippen LogP contribution in [0, 0.1) is 0 Å². The lowest BCUT2D eigenvalue weighted by Gasteiger charge is -2.18. The molecule has 3 rings (SSSR count). The van der Waals surface area contributed by atoms with Gasteiger partial charge in [0.25, 0.3) is 0 Å². The van der Waals surface area contributed by atoms with Gasteiger partial charge in [0, 0.05) is 11.3 Å². The van der Waals surface area contributed by atoms with E-state index in [1.807, 2.05) is 36.4 Å². The predicted molar refractivity (Wildman–Crippen MR) is 108 cm³/mol. The number of nitrogens with one attached hydrogen (secondary N) is 1. The van der Waals surface area contributed by atoms with E-state index >= 15 is 0 Å². The number of benzene rings is 2. The third-order valence-corrected chi connectivity index (χ3v) is 4.81. The molecule has 8 heteroatoms. The van der Waals surface area contributed by atoms with Crippen molar-refractivity contribution in [2.75, 3.05) is 34.2 Å². The van der Waals surface area contributed by atoms with Crippen LogP contribution in [-0.4, -0.2) is 45.1 Å². The summed E-state index contributed by atoms with van der Waals surface area (Å²) in [7, 11) is 6.41. The maximum Gasteiger partial charge on any atom is 0.203 e. The van der Waals surface area contributed by atoms with E-state index in [9.17, 15) is 0 Å². The van der Waals surface area contributed by atoms with E-state index in [0.29, 0.717) is 23.0 Å². The predicted octanol–water partition coefficient (Wildman–Crippen LogP) is 3.45. The molecular weight excluding hydrogens is 366 g/mol. The largest absolute Gasteiger partial charge is 0.497 e. The molecule has 0 radical (unpaired) electrons. The molecule has 0 amide bonds. The lowest BCUT2D eigenvalue weighted by molar-refractivity contribution is 0.324. The Morgan fingerprint density at radius 3 is 2.07 bits per heavy atom. The van der Waals surface area contributed by atoms with Crippen LogP contribution < -0.4 is 24.4 Å². The van der Waals surface area contributed by atoms with E-state index in [1.165, 1.54) is 0 Å². The van der Waals surface area contributed by atoms with Crippen molar-refractivity contribution in [3.8, 4) is 23.0 Å². The molecule has 2 aromatic rings. The van der Waals surface area contributed by atoms with E-state index in [1.54, 1.807) is 40.2 Å². The van der Waals surface area contributed by atoms with Gasteiger partial charge in [0.2, 0.25) is 5.75 Å². The number of hydrogen-bond acceptors (Lipinski definition) is 7. The SMILES string of the molecule is COc1ccc(N=C2NN=C(c3cc(OC)c(OC)c(OC)c3)CS2)cc1. The lowest BCUT2D eigenvalue weighted by Crippen LogP contribution is -2.25. The third-order valence-electron chi connectivity index (χ3n) is 3.93. The summed E-state index contributed by atoms with van der Waals surface area (Å²) < 4.78 is 21.3. The smallest absolute Gasteiger partial charge is 0.203 e. The molecule has 7 nitrogen and oxygen atoms in total. The Morgan fingerprint density at radius 2 is 1.59 bits per heavy atom. The number of hydrogen-bond donors (Lipinski definition) is 1. The number of nitrogens with zero attached hydrogens (tertiary/aromatic N) is 2. The molecule has 0 bridgehead atoms. The van der Waals surface area contributed by atoms with Crippen LogP contribution in [0.3, 0.4) is 0 Å². The standard InChI is InChI=1S/C19H21N3O4S/c1-23-14-7-5-13(6-8-14)20-19-22-21-15(11-27-19)12-9-16(24-2)18(26-4)17(10-12)25-3/h5-10H,11H2,1-4H3,(H,20,22). The summed E-state index contributed by atoms with van der Waals surface area (Å²) in [5.74, 6) is 3.21. The molecule has 1 N–H and O–H groups in total. The van der Waals surface area contributed by atoms with E-state index in [-0.39, 0.29) is 0 Å².